The van der Waals surface area contributed by atoms with Crippen LogP contribution in [0.4, 0.5) is 4.79 Å². The number of nitrogens with zero attached hydrogens (tertiary/aromatic N) is 2. The molecule has 0 aliphatic carbocycles. The summed E-state index contributed by atoms with van der Waals surface area (Å²) in [7, 11) is 2.20. The maximum Gasteiger partial charge on any atom is 0.410 e. The van der Waals surface area contributed by atoms with Gasteiger partial charge in [0.2, 0.25) is 0 Å². The van der Waals surface area contributed by atoms with Crippen LogP contribution in [-0.4, -0.2) is 66.3 Å². The number of hydrogen-bond donors (Lipinski definition) is 1. The van der Waals surface area contributed by atoms with Crippen molar-refractivity contribution in [1.82, 2.24) is 15.1 Å². The van der Waals surface area contributed by atoms with Crippen LogP contribution in [0.25, 0.3) is 0 Å². The van der Waals surface area contributed by atoms with Gasteiger partial charge in [0, 0.05) is 37.8 Å². The van der Waals surface area contributed by atoms with Crippen molar-refractivity contribution in [3.8, 4) is 0 Å². The average Bonchev–Trinajstić information content (AvgIpc) is 2.75. The van der Waals surface area contributed by atoms with Crippen molar-refractivity contribution >= 4 is 6.09 Å². The van der Waals surface area contributed by atoms with Gasteiger partial charge in [-0.05, 0) is 66.8 Å². The Morgan fingerprint density at radius 2 is 2.00 bits per heavy atom. The molecule has 4 unspecified atom stereocenters. The summed E-state index contributed by atoms with van der Waals surface area (Å²) < 4.78 is 5.53. The summed E-state index contributed by atoms with van der Waals surface area (Å²) in [6.45, 7) is 13.1. The summed E-state index contributed by atoms with van der Waals surface area (Å²) in [6, 6.07) is 1.66. The van der Waals surface area contributed by atoms with E-state index in [0.717, 1.165) is 26.1 Å². The topological polar surface area (TPSA) is 44.8 Å². The summed E-state index contributed by atoms with van der Waals surface area (Å²) in [5.41, 5.74) is -0.418. The highest BCUT2D eigenvalue weighted by atomic mass is 16.6. The van der Waals surface area contributed by atoms with E-state index in [1.807, 2.05) is 25.7 Å². The maximum atomic E-state index is 12.3. The number of likely N-dealkylation sites (tertiary alicyclic amines) is 2. The summed E-state index contributed by atoms with van der Waals surface area (Å²) in [4.78, 5) is 16.6. The van der Waals surface area contributed by atoms with Crippen LogP contribution in [0, 0.1) is 5.92 Å². The fraction of sp³-hybridized carbons (Fsp3) is 0.944. The molecule has 4 atom stereocenters. The highest BCUT2D eigenvalue weighted by Gasteiger charge is 2.33. The van der Waals surface area contributed by atoms with Crippen LogP contribution >= 0.6 is 0 Å². The Kier molecular flexibility index (Phi) is 5.95. The van der Waals surface area contributed by atoms with Crippen molar-refractivity contribution in [2.24, 2.45) is 5.92 Å². The molecule has 23 heavy (non-hydrogen) atoms. The first-order valence-corrected chi connectivity index (χ1v) is 9.10. The molecule has 2 fully saturated rings. The number of amides is 1. The molecule has 5 heteroatoms. The standard InChI is InChI=1S/C18H35N3O2/c1-13-10-16(12-20(13)6)19-14(2)15-8-7-9-21(11-15)17(22)23-18(3,4)5/h13-16,19H,7-12H2,1-6H3. The third-order valence-electron chi connectivity index (χ3n) is 5.20. The number of likely N-dealkylation sites (N-methyl/N-ethyl adjacent to an activating group) is 1. The third-order valence-corrected chi connectivity index (χ3v) is 5.20. The van der Waals surface area contributed by atoms with E-state index < -0.39 is 5.60 Å². The quantitative estimate of drug-likeness (QED) is 0.866. The molecule has 2 aliphatic rings. The van der Waals surface area contributed by atoms with Crippen LogP contribution in [0.15, 0.2) is 0 Å². The summed E-state index contributed by atoms with van der Waals surface area (Å²) in [5.74, 6) is 0.512. The largest absolute Gasteiger partial charge is 0.444 e. The number of carbonyl (C=O) groups is 1. The minimum absolute atomic E-state index is 0.163. The SMILES string of the molecule is CC(NC1CC(C)N(C)C1)C1CCCN(C(=O)OC(C)(C)C)C1. The molecule has 0 aromatic carbocycles. The number of carbonyl (C=O) groups excluding carboxylic acids is 1. The van der Waals surface area contributed by atoms with Gasteiger partial charge in [0.05, 0.1) is 0 Å². The smallest absolute Gasteiger partial charge is 0.410 e. The lowest BCUT2D eigenvalue weighted by atomic mass is 9.91. The van der Waals surface area contributed by atoms with Crippen LogP contribution in [-0.2, 0) is 4.74 Å². The molecule has 0 aromatic heterocycles. The first kappa shape index (κ1) is 18.5. The zero-order valence-corrected chi connectivity index (χ0v) is 15.8. The first-order valence-electron chi connectivity index (χ1n) is 9.10. The van der Waals surface area contributed by atoms with Crippen LogP contribution in [0.2, 0.25) is 0 Å². The average molecular weight is 325 g/mol. The number of ether oxygens (including phenoxy) is 1. The Balaban J connectivity index is 1.84. The van der Waals surface area contributed by atoms with Crippen molar-refractivity contribution in [2.75, 3.05) is 26.7 Å². The van der Waals surface area contributed by atoms with Crippen LogP contribution in [0.5, 0.6) is 0 Å². The predicted octanol–water partition coefficient (Wildman–Crippen LogP) is 2.70. The molecule has 2 saturated heterocycles. The molecule has 0 spiro atoms. The van der Waals surface area contributed by atoms with E-state index in [1.165, 1.54) is 12.8 Å². The van der Waals surface area contributed by atoms with E-state index in [9.17, 15) is 4.79 Å². The van der Waals surface area contributed by atoms with Gasteiger partial charge in [0.25, 0.3) is 0 Å². The highest BCUT2D eigenvalue weighted by molar-refractivity contribution is 5.68. The predicted molar refractivity (Wildman–Crippen MR) is 93.6 cm³/mol. The molecule has 0 bridgehead atoms. The Morgan fingerprint density at radius 3 is 2.57 bits per heavy atom. The second-order valence-electron chi connectivity index (χ2n) is 8.51. The van der Waals surface area contributed by atoms with Gasteiger partial charge in [-0.3, -0.25) is 0 Å². The Labute approximate surface area is 141 Å². The van der Waals surface area contributed by atoms with E-state index in [2.05, 4.69) is 31.1 Å². The molecule has 2 rings (SSSR count). The van der Waals surface area contributed by atoms with Crippen LogP contribution in [0.1, 0.15) is 53.9 Å². The minimum atomic E-state index is -0.418. The van der Waals surface area contributed by atoms with Crippen molar-refractivity contribution in [2.45, 2.75) is 77.6 Å². The van der Waals surface area contributed by atoms with Gasteiger partial charge in [-0.1, -0.05) is 0 Å². The highest BCUT2D eigenvalue weighted by Crippen LogP contribution is 2.23. The molecule has 1 N–H and O–H groups in total. The molecule has 1 amide bonds. The molecule has 2 aliphatic heterocycles. The molecule has 0 aromatic rings. The van der Waals surface area contributed by atoms with Gasteiger partial charge in [-0.2, -0.15) is 0 Å². The molecule has 5 nitrogen and oxygen atoms in total. The second kappa shape index (κ2) is 7.39. The van der Waals surface area contributed by atoms with Crippen molar-refractivity contribution < 1.29 is 9.53 Å². The lowest BCUT2D eigenvalue weighted by Gasteiger charge is -2.37. The van der Waals surface area contributed by atoms with E-state index in [4.69, 9.17) is 4.74 Å². The summed E-state index contributed by atoms with van der Waals surface area (Å²) in [5, 5.41) is 3.80. The number of nitrogens with one attached hydrogen (secondary N) is 1. The van der Waals surface area contributed by atoms with Gasteiger partial charge < -0.3 is 19.9 Å². The Hall–Kier alpha value is -0.810. The van der Waals surface area contributed by atoms with Crippen molar-refractivity contribution in [1.29, 1.82) is 0 Å². The number of piperidine rings is 1. The lowest BCUT2D eigenvalue weighted by molar-refractivity contribution is 0.0146. The monoisotopic (exact) mass is 325 g/mol. The van der Waals surface area contributed by atoms with Crippen molar-refractivity contribution in [3.05, 3.63) is 0 Å². The normalized spacial score (nSPS) is 31.2. The second-order valence-corrected chi connectivity index (χ2v) is 8.51. The third kappa shape index (κ3) is 5.35. The summed E-state index contributed by atoms with van der Waals surface area (Å²) in [6.07, 6.45) is 3.30. The molecule has 2 heterocycles. The lowest BCUT2D eigenvalue weighted by Crippen LogP contribution is -2.50. The number of rotatable bonds is 3. The molecule has 0 radical (unpaired) electrons. The Morgan fingerprint density at radius 1 is 1.30 bits per heavy atom. The van der Waals surface area contributed by atoms with E-state index in [1.54, 1.807) is 0 Å². The zero-order chi connectivity index (χ0) is 17.2. The van der Waals surface area contributed by atoms with E-state index in [0.29, 0.717) is 24.0 Å². The van der Waals surface area contributed by atoms with Crippen LogP contribution < -0.4 is 5.32 Å². The maximum absolute atomic E-state index is 12.3. The van der Waals surface area contributed by atoms with Gasteiger partial charge in [0.1, 0.15) is 5.60 Å². The zero-order valence-electron chi connectivity index (χ0n) is 15.8. The van der Waals surface area contributed by atoms with Gasteiger partial charge in [-0.15, -0.1) is 0 Å². The number of hydrogen-bond acceptors (Lipinski definition) is 4. The van der Waals surface area contributed by atoms with Crippen LogP contribution in [0.3, 0.4) is 0 Å². The van der Waals surface area contributed by atoms with Gasteiger partial charge in [-0.25, -0.2) is 4.79 Å². The van der Waals surface area contributed by atoms with E-state index in [-0.39, 0.29) is 6.09 Å². The van der Waals surface area contributed by atoms with Gasteiger partial charge >= 0.3 is 6.09 Å². The fourth-order valence-electron chi connectivity index (χ4n) is 3.73. The molecular weight excluding hydrogens is 290 g/mol. The summed E-state index contributed by atoms with van der Waals surface area (Å²) >= 11 is 0. The van der Waals surface area contributed by atoms with Crippen molar-refractivity contribution in [3.63, 3.8) is 0 Å². The molecule has 0 saturated carbocycles. The molecule has 134 valence electrons. The Bertz CT molecular complexity index is 398. The first-order chi connectivity index (χ1) is 10.7. The minimum Gasteiger partial charge on any atom is -0.444 e. The molecular formula is C18H35N3O2. The van der Waals surface area contributed by atoms with E-state index >= 15 is 0 Å². The van der Waals surface area contributed by atoms with Gasteiger partial charge in [0.15, 0.2) is 0 Å². The fourth-order valence-corrected chi connectivity index (χ4v) is 3.73.